The van der Waals surface area contributed by atoms with E-state index in [4.69, 9.17) is 10.3 Å². The van der Waals surface area contributed by atoms with Crippen LogP contribution in [0.15, 0.2) is 21.7 Å². The van der Waals surface area contributed by atoms with Crippen LogP contribution in [0.2, 0.25) is 0 Å². The third-order valence-electron chi connectivity index (χ3n) is 1.68. The molecule has 0 heterocycles. The second kappa shape index (κ2) is 4.16. The molecule has 0 aromatic heterocycles. The summed E-state index contributed by atoms with van der Waals surface area (Å²) in [6.45, 7) is 1.89. The monoisotopic (exact) mass is 241 g/mol. The van der Waals surface area contributed by atoms with Crippen molar-refractivity contribution in [3.63, 3.8) is 0 Å². The Balaban J connectivity index is 3.37. The van der Waals surface area contributed by atoms with Crippen LogP contribution in [0.25, 0.3) is 10.4 Å². The molecule has 1 aromatic carbocycles. The van der Waals surface area contributed by atoms with Gasteiger partial charge < -0.3 is 4.74 Å². The minimum absolute atomic E-state index is 0.505. The van der Waals surface area contributed by atoms with E-state index in [1.165, 1.54) is 0 Å². The van der Waals surface area contributed by atoms with E-state index in [-0.39, 0.29) is 0 Å². The van der Waals surface area contributed by atoms with E-state index in [9.17, 15) is 0 Å². The molecule has 0 amide bonds. The van der Waals surface area contributed by atoms with Gasteiger partial charge in [-0.05, 0) is 24.6 Å². The van der Waals surface area contributed by atoms with E-state index in [0.29, 0.717) is 11.4 Å². The zero-order valence-corrected chi connectivity index (χ0v) is 8.87. The zero-order chi connectivity index (χ0) is 9.84. The lowest BCUT2D eigenvalue weighted by Gasteiger charge is -2.08. The van der Waals surface area contributed by atoms with Crippen LogP contribution in [0, 0.1) is 6.92 Å². The first kappa shape index (κ1) is 9.89. The normalized spacial score (nSPS) is 9.15. The molecule has 0 aliphatic rings. The average molecular weight is 242 g/mol. The molecule has 0 N–H and O–H groups in total. The number of ether oxygens (including phenoxy) is 1. The highest BCUT2D eigenvalue weighted by atomic mass is 79.9. The highest BCUT2D eigenvalue weighted by molar-refractivity contribution is 9.10. The first-order valence-corrected chi connectivity index (χ1v) is 4.38. The fourth-order valence-electron chi connectivity index (χ4n) is 1.04. The first-order chi connectivity index (χ1) is 6.20. The van der Waals surface area contributed by atoms with Crippen molar-refractivity contribution in [3.8, 4) is 5.75 Å². The summed E-state index contributed by atoms with van der Waals surface area (Å²) in [6, 6.07) is 3.53. The Bertz CT molecular complexity index is 372. The SMILES string of the molecule is COc1c(N=[N+]=[N-])ccc(Br)c1C. The Morgan fingerprint density at radius 1 is 1.54 bits per heavy atom. The van der Waals surface area contributed by atoms with Crippen molar-refractivity contribution >= 4 is 21.6 Å². The fraction of sp³-hybridized carbons (Fsp3) is 0.250. The molecular weight excluding hydrogens is 234 g/mol. The molecule has 0 radical (unpaired) electrons. The van der Waals surface area contributed by atoms with Crippen LogP contribution >= 0.6 is 15.9 Å². The van der Waals surface area contributed by atoms with Crippen molar-refractivity contribution in [1.82, 2.24) is 0 Å². The molecule has 0 saturated heterocycles. The molecule has 0 saturated carbocycles. The van der Waals surface area contributed by atoms with Crippen molar-refractivity contribution in [2.45, 2.75) is 6.92 Å². The molecular formula is C8H8BrN3O. The number of benzene rings is 1. The van der Waals surface area contributed by atoms with Gasteiger partial charge in [0.15, 0.2) is 0 Å². The average Bonchev–Trinajstić information content (AvgIpc) is 2.12. The Hall–Kier alpha value is -1.19. The Morgan fingerprint density at radius 2 is 2.23 bits per heavy atom. The van der Waals surface area contributed by atoms with E-state index >= 15 is 0 Å². The van der Waals surface area contributed by atoms with Crippen LogP contribution < -0.4 is 4.74 Å². The molecule has 0 bridgehead atoms. The lowest BCUT2D eigenvalue weighted by atomic mass is 10.2. The van der Waals surface area contributed by atoms with Crippen LogP contribution in [-0.2, 0) is 0 Å². The number of hydrogen-bond donors (Lipinski definition) is 0. The second-order valence-electron chi connectivity index (χ2n) is 2.41. The summed E-state index contributed by atoms with van der Waals surface area (Å²) < 4.78 is 6.05. The van der Waals surface area contributed by atoms with Gasteiger partial charge in [0.25, 0.3) is 0 Å². The van der Waals surface area contributed by atoms with Crippen molar-refractivity contribution in [2.75, 3.05) is 7.11 Å². The number of methoxy groups -OCH3 is 1. The summed E-state index contributed by atoms with van der Waals surface area (Å²) in [5.74, 6) is 0.604. The van der Waals surface area contributed by atoms with Gasteiger partial charge in [0.2, 0.25) is 0 Å². The standard InChI is InChI=1S/C8H8BrN3O/c1-5-6(9)3-4-7(11-12-10)8(5)13-2/h3-4H,1-2H3. The summed E-state index contributed by atoms with van der Waals surface area (Å²) >= 11 is 3.36. The summed E-state index contributed by atoms with van der Waals surface area (Å²) in [5, 5.41) is 3.51. The highest BCUT2D eigenvalue weighted by Gasteiger charge is 2.06. The Morgan fingerprint density at radius 3 is 2.77 bits per heavy atom. The maximum Gasteiger partial charge on any atom is 0.132 e. The lowest BCUT2D eigenvalue weighted by molar-refractivity contribution is 0.412. The molecule has 1 aromatic rings. The number of halogens is 1. The minimum atomic E-state index is 0.505. The van der Waals surface area contributed by atoms with E-state index in [0.717, 1.165) is 10.0 Å². The summed E-state index contributed by atoms with van der Waals surface area (Å²) in [4.78, 5) is 2.72. The molecule has 1 rings (SSSR count). The molecule has 13 heavy (non-hydrogen) atoms. The first-order valence-electron chi connectivity index (χ1n) is 3.59. The largest absolute Gasteiger partial charge is 0.496 e. The number of azide groups is 1. The summed E-state index contributed by atoms with van der Waals surface area (Å²) in [5.41, 5.74) is 9.72. The van der Waals surface area contributed by atoms with E-state index in [1.54, 1.807) is 13.2 Å². The van der Waals surface area contributed by atoms with Gasteiger partial charge in [-0.15, -0.1) is 0 Å². The third-order valence-corrected chi connectivity index (χ3v) is 2.53. The second-order valence-corrected chi connectivity index (χ2v) is 3.27. The smallest absolute Gasteiger partial charge is 0.132 e. The van der Waals surface area contributed by atoms with Crippen LogP contribution in [0.4, 0.5) is 5.69 Å². The molecule has 0 atom stereocenters. The van der Waals surface area contributed by atoms with Gasteiger partial charge in [-0.1, -0.05) is 21.0 Å². The van der Waals surface area contributed by atoms with Crippen LogP contribution in [0.3, 0.4) is 0 Å². The van der Waals surface area contributed by atoms with Gasteiger partial charge >= 0.3 is 0 Å². The van der Waals surface area contributed by atoms with Gasteiger partial charge in [-0.25, -0.2) is 0 Å². The molecule has 5 heteroatoms. The maximum atomic E-state index is 8.29. The van der Waals surface area contributed by atoms with Gasteiger partial charge in [0.1, 0.15) is 5.75 Å². The van der Waals surface area contributed by atoms with E-state index in [1.807, 2.05) is 13.0 Å². The molecule has 0 spiro atoms. The van der Waals surface area contributed by atoms with Crippen LogP contribution in [-0.4, -0.2) is 7.11 Å². The van der Waals surface area contributed by atoms with Crippen LogP contribution in [0.5, 0.6) is 5.75 Å². The van der Waals surface area contributed by atoms with Crippen molar-refractivity contribution in [3.05, 3.63) is 32.6 Å². The van der Waals surface area contributed by atoms with E-state index < -0.39 is 0 Å². The number of nitrogens with zero attached hydrogens (tertiary/aromatic N) is 3. The highest BCUT2D eigenvalue weighted by Crippen LogP contribution is 2.35. The Labute approximate surface area is 84.3 Å². The number of rotatable bonds is 2. The summed E-state index contributed by atoms with van der Waals surface area (Å²) in [7, 11) is 1.55. The fourth-order valence-corrected chi connectivity index (χ4v) is 1.35. The molecule has 0 aliphatic heterocycles. The Kier molecular flexibility index (Phi) is 3.17. The zero-order valence-electron chi connectivity index (χ0n) is 7.28. The molecule has 0 aliphatic carbocycles. The van der Waals surface area contributed by atoms with Crippen molar-refractivity contribution in [1.29, 1.82) is 0 Å². The van der Waals surface area contributed by atoms with Gasteiger partial charge in [-0.3, -0.25) is 0 Å². The van der Waals surface area contributed by atoms with Crippen molar-refractivity contribution < 1.29 is 4.74 Å². The predicted octanol–water partition coefficient (Wildman–Crippen LogP) is 3.71. The van der Waals surface area contributed by atoms with Gasteiger partial charge in [0, 0.05) is 14.9 Å². The van der Waals surface area contributed by atoms with Crippen molar-refractivity contribution in [2.24, 2.45) is 5.11 Å². The number of hydrogen-bond acceptors (Lipinski definition) is 2. The summed E-state index contributed by atoms with van der Waals surface area (Å²) in [6.07, 6.45) is 0. The lowest BCUT2D eigenvalue weighted by Crippen LogP contribution is -1.88. The molecule has 68 valence electrons. The third kappa shape index (κ3) is 1.94. The molecule has 0 unspecified atom stereocenters. The molecule has 4 nitrogen and oxygen atoms in total. The van der Waals surface area contributed by atoms with Gasteiger partial charge in [-0.2, -0.15) is 0 Å². The predicted molar refractivity (Wildman–Crippen MR) is 54.2 cm³/mol. The van der Waals surface area contributed by atoms with E-state index in [2.05, 4.69) is 26.0 Å². The van der Waals surface area contributed by atoms with Crippen LogP contribution in [0.1, 0.15) is 5.56 Å². The quantitative estimate of drug-likeness (QED) is 0.443. The van der Waals surface area contributed by atoms with Gasteiger partial charge in [0.05, 0.1) is 12.8 Å². The molecule has 0 fully saturated rings. The topological polar surface area (TPSA) is 58.0 Å². The minimum Gasteiger partial charge on any atom is -0.496 e. The maximum absolute atomic E-state index is 8.29.